The van der Waals surface area contributed by atoms with Gasteiger partial charge in [-0.1, -0.05) is 42.5 Å². The fraction of sp³-hybridized carbons (Fsp3) is 0.351. The summed E-state index contributed by atoms with van der Waals surface area (Å²) in [5, 5.41) is 5.48. The van der Waals surface area contributed by atoms with Gasteiger partial charge in [0.15, 0.2) is 11.5 Å². The quantitative estimate of drug-likeness (QED) is 0.147. The average molecular weight is 668 g/mol. The Morgan fingerprint density at radius 2 is 1.67 bits per heavy atom. The Morgan fingerprint density at radius 1 is 0.917 bits per heavy atom. The third-order valence-electron chi connectivity index (χ3n) is 9.30. The predicted molar refractivity (Wildman–Crippen MR) is 186 cm³/mol. The van der Waals surface area contributed by atoms with Gasteiger partial charge in [0.05, 0.1) is 42.1 Å². The summed E-state index contributed by atoms with van der Waals surface area (Å²) < 4.78 is 11.0. The highest BCUT2D eigenvalue weighted by molar-refractivity contribution is 7.09. The van der Waals surface area contributed by atoms with E-state index >= 15 is 0 Å². The summed E-state index contributed by atoms with van der Waals surface area (Å²) in [6.07, 6.45) is 0.957. The van der Waals surface area contributed by atoms with Crippen molar-refractivity contribution in [2.24, 2.45) is 0 Å². The first-order valence-electron chi connectivity index (χ1n) is 16.3. The average Bonchev–Trinajstić information content (AvgIpc) is 3.68. The van der Waals surface area contributed by atoms with Crippen molar-refractivity contribution in [2.45, 2.75) is 38.8 Å². The van der Waals surface area contributed by atoms with Crippen molar-refractivity contribution < 1.29 is 23.9 Å². The zero-order chi connectivity index (χ0) is 33.8. The molecule has 0 radical (unpaired) electrons. The van der Waals surface area contributed by atoms with Crippen molar-refractivity contribution in [3.63, 3.8) is 0 Å². The molecule has 1 fully saturated rings. The minimum absolute atomic E-state index is 0.245. The van der Waals surface area contributed by atoms with Crippen LogP contribution in [-0.2, 0) is 0 Å². The van der Waals surface area contributed by atoms with Crippen LogP contribution in [0.5, 0.6) is 11.5 Å². The van der Waals surface area contributed by atoms with Crippen LogP contribution < -0.4 is 19.7 Å². The number of aromatic nitrogens is 1. The second-order valence-electron chi connectivity index (χ2n) is 12.1. The lowest BCUT2D eigenvalue weighted by molar-refractivity contribution is 0.0570. The number of hydrogen-bond donors (Lipinski definition) is 1. The molecule has 1 aromatic heterocycles. The van der Waals surface area contributed by atoms with Gasteiger partial charge in [-0.25, -0.2) is 4.98 Å². The maximum Gasteiger partial charge on any atom is 0.270 e. The highest BCUT2D eigenvalue weighted by Crippen LogP contribution is 2.40. The molecule has 3 heterocycles. The summed E-state index contributed by atoms with van der Waals surface area (Å²) in [5.41, 5.74) is 4.06. The first-order chi connectivity index (χ1) is 23.3. The predicted octanol–water partition coefficient (Wildman–Crippen LogP) is 5.90. The Kier molecular flexibility index (Phi) is 10.1. The van der Waals surface area contributed by atoms with Gasteiger partial charge in [-0.2, -0.15) is 0 Å². The van der Waals surface area contributed by atoms with E-state index in [-0.39, 0.29) is 23.8 Å². The summed E-state index contributed by atoms with van der Waals surface area (Å²) in [5.74, 6) is 0.177. The number of rotatable bonds is 12. The zero-order valence-corrected chi connectivity index (χ0v) is 28.6. The number of amides is 3. The van der Waals surface area contributed by atoms with Crippen LogP contribution in [0.25, 0.3) is 0 Å². The smallest absolute Gasteiger partial charge is 0.270 e. The van der Waals surface area contributed by atoms with E-state index in [4.69, 9.17) is 9.47 Å². The van der Waals surface area contributed by atoms with Gasteiger partial charge < -0.3 is 19.7 Å². The van der Waals surface area contributed by atoms with Gasteiger partial charge in [-0.15, -0.1) is 11.3 Å². The number of piperazine rings is 1. The van der Waals surface area contributed by atoms with E-state index in [0.717, 1.165) is 42.4 Å². The van der Waals surface area contributed by atoms with Gasteiger partial charge in [0.2, 0.25) is 0 Å². The number of anilines is 1. The second kappa shape index (κ2) is 14.6. The Balaban J connectivity index is 1.22. The number of benzene rings is 3. The summed E-state index contributed by atoms with van der Waals surface area (Å²) in [7, 11) is 3.12. The van der Waals surface area contributed by atoms with E-state index in [9.17, 15) is 14.4 Å². The maximum absolute atomic E-state index is 14.4. The van der Waals surface area contributed by atoms with Crippen molar-refractivity contribution in [3.05, 3.63) is 105 Å². The molecule has 48 heavy (non-hydrogen) atoms. The van der Waals surface area contributed by atoms with E-state index in [1.54, 1.807) is 31.7 Å². The number of carbonyl (C=O) groups is 3. The number of methoxy groups -OCH3 is 2. The molecule has 6 rings (SSSR count). The minimum Gasteiger partial charge on any atom is -0.493 e. The zero-order valence-electron chi connectivity index (χ0n) is 27.8. The summed E-state index contributed by atoms with van der Waals surface area (Å²) in [6.45, 7) is 7.61. The summed E-state index contributed by atoms with van der Waals surface area (Å²) in [4.78, 5) is 51.4. The van der Waals surface area contributed by atoms with Crippen molar-refractivity contribution in [2.75, 3.05) is 51.8 Å². The molecule has 2 aliphatic heterocycles. The monoisotopic (exact) mass is 667 g/mol. The molecule has 0 aliphatic carbocycles. The van der Waals surface area contributed by atoms with Gasteiger partial charge in [0.1, 0.15) is 5.69 Å². The number of nitrogens with zero attached hydrogens (tertiary/aromatic N) is 4. The molecule has 11 heteroatoms. The fourth-order valence-corrected chi connectivity index (χ4v) is 7.28. The fourth-order valence-electron chi connectivity index (χ4n) is 6.69. The molecule has 4 aromatic rings. The van der Waals surface area contributed by atoms with Crippen molar-refractivity contribution in [1.29, 1.82) is 0 Å². The molecule has 1 saturated heterocycles. The molecular weight excluding hydrogens is 627 g/mol. The van der Waals surface area contributed by atoms with Gasteiger partial charge in [0.25, 0.3) is 17.7 Å². The van der Waals surface area contributed by atoms with E-state index in [2.05, 4.69) is 51.3 Å². The largest absolute Gasteiger partial charge is 0.493 e. The number of imide groups is 1. The molecule has 2 atom stereocenters. The standard InChI is InChI=1S/C37H41N5O5S/c1-24(26-10-6-5-7-11-26)40-18-20-41(21-19-40)31-13-8-12-28-34(31)37(45)42(36(28)44)30(27-15-16-32(46-3)33(22-27)47-4)14-9-17-38-35(43)29-23-48-25(2)39-29/h5-8,10-13,15-16,22-24,30H,9,14,17-21H2,1-4H3,(H,38,43)/t24-,30-/m1/s1. The lowest BCUT2D eigenvalue weighted by atomic mass is 9.99. The van der Waals surface area contributed by atoms with Crippen molar-refractivity contribution >= 4 is 34.7 Å². The highest BCUT2D eigenvalue weighted by atomic mass is 32.1. The number of carbonyl (C=O) groups excluding carboxylic acids is 3. The van der Waals surface area contributed by atoms with Gasteiger partial charge in [-0.05, 0) is 62.1 Å². The van der Waals surface area contributed by atoms with Crippen LogP contribution in [0.2, 0.25) is 0 Å². The lowest BCUT2D eigenvalue weighted by Gasteiger charge is -2.39. The molecule has 0 saturated carbocycles. The van der Waals surface area contributed by atoms with Crippen molar-refractivity contribution in [1.82, 2.24) is 20.1 Å². The number of ether oxygens (including phenoxy) is 2. The Bertz CT molecular complexity index is 1790. The number of thiazole rings is 1. The molecule has 10 nitrogen and oxygen atoms in total. The van der Waals surface area contributed by atoms with E-state index < -0.39 is 6.04 Å². The van der Waals surface area contributed by atoms with E-state index in [1.807, 2.05) is 37.3 Å². The number of hydrogen-bond acceptors (Lipinski definition) is 9. The SMILES string of the molecule is COc1ccc([C@@H](CCCNC(=O)c2csc(C)n2)N2C(=O)c3cccc(N4CCN([C@H](C)c5ccccc5)CC4)c3C2=O)cc1OC. The topological polar surface area (TPSA) is 104 Å². The molecule has 2 aliphatic rings. The summed E-state index contributed by atoms with van der Waals surface area (Å²) >= 11 is 1.42. The second-order valence-corrected chi connectivity index (χ2v) is 13.1. The van der Waals surface area contributed by atoms with E-state index in [1.165, 1.54) is 21.8 Å². The number of nitrogens with one attached hydrogen (secondary N) is 1. The van der Waals surface area contributed by atoms with Crippen LogP contribution in [0.3, 0.4) is 0 Å². The van der Waals surface area contributed by atoms with Crippen LogP contribution in [0.1, 0.15) is 79.2 Å². The lowest BCUT2D eigenvalue weighted by Crippen LogP contribution is -2.47. The third kappa shape index (κ3) is 6.65. The van der Waals surface area contributed by atoms with Crippen molar-refractivity contribution in [3.8, 4) is 11.5 Å². The van der Waals surface area contributed by atoms with Gasteiger partial charge >= 0.3 is 0 Å². The number of fused-ring (bicyclic) bond motifs is 1. The van der Waals surface area contributed by atoms with Crippen LogP contribution in [0, 0.1) is 6.92 Å². The Morgan fingerprint density at radius 3 is 2.35 bits per heavy atom. The molecule has 1 N–H and O–H groups in total. The third-order valence-corrected chi connectivity index (χ3v) is 10.1. The molecule has 0 spiro atoms. The summed E-state index contributed by atoms with van der Waals surface area (Å²) in [6, 6.07) is 21.2. The molecule has 3 amide bonds. The maximum atomic E-state index is 14.4. The normalized spacial score (nSPS) is 16.1. The first kappa shape index (κ1) is 33.2. The highest BCUT2D eigenvalue weighted by Gasteiger charge is 2.43. The Hall–Kier alpha value is -4.74. The van der Waals surface area contributed by atoms with Crippen LogP contribution in [0.15, 0.2) is 72.1 Å². The Labute approximate surface area is 285 Å². The number of aryl methyl sites for hydroxylation is 1. The van der Waals surface area contributed by atoms with Crippen LogP contribution in [0.4, 0.5) is 5.69 Å². The molecule has 0 unspecified atom stereocenters. The van der Waals surface area contributed by atoms with Gasteiger partial charge in [0, 0.05) is 44.1 Å². The molecule has 0 bridgehead atoms. The van der Waals surface area contributed by atoms with Crippen LogP contribution in [-0.4, -0.2) is 79.4 Å². The molecular formula is C37H41N5O5S. The van der Waals surface area contributed by atoms with E-state index in [0.29, 0.717) is 47.7 Å². The molecule has 3 aromatic carbocycles. The van der Waals surface area contributed by atoms with Crippen LogP contribution >= 0.6 is 11.3 Å². The minimum atomic E-state index is -0.591. The first-order valence-corrected chi connectivity index (χ1v) is 17.2. The molecule has 250 valence electrons. The van der Waals surface area contributed by atoms with Gasteiger partial charge in [-0.3, -0.25) is 24.2 Å².